The average molecular weight is 715 g/mol. The van der Waals surface area contributed by atoms with Crippen LogP contribution < -0.4 is 0 Å². The number of methoxy groups -OCH3 is 1. The molecule has 0 bridgehead atoms. The molecule has 3 heterocycles. The van der Waals surface area contributed by atoms with Crippen LogP contribution in [-0.2, 0) is 62.5 Å². The van der Waals surface area contributed by atoms with Crippen LogP contribution >= 0.6 is 0 Å². The fraction of sp³-hybridized carbons (Fsp3) is 0.415. The number of benzene rings is 4. The molecule has 11 nitrogen and oxygen atoms in total. The smallest absolute Gasteiger partial charge is 0.186 e. The van der Waals surface area contributed by atoms with E-state index in [1.165, 1.54) is 0 Å². The normalized spacial score (nSPS) is 31.9. The van der Waals surface area contributed by atoms with Gasteiger partial charge in [-0.3, -0.25) is 0 Å². The highest BCUT2D eigenvalue weighted by molar-refractivity contribution is 5.18. The highest BCUT2D eigenvalue weighted by Gasteiger charge is 2.52. The third-order valence-corrected chi connectivity index (χ3v) is 9.51. The van der Waals surface area contributed by atoms with Gasteiger partial charge < -0.3 is 52.8 Å². The zero-order valence-corrected chi connectivity index (χ0v) is 29.0. The summed E-state index contributed by atoms with van der Waals surface area (Å²) in [5.74, 6) is 0. The maximum atomic E-state index is 11.2. The van der Waals surface area contributed by atoms with E-state index in [9.17, 15) is 10.2 Å². The number of aliphatic hydroxyl groups excluding tert-OH is 2. The van der Waals surface area contributed by atoms with E-state index in [1.807, 2.05) is 121 Å². The number of fused-ring (bicyclic) bond motifs is 1. The van der Waals surface area contributed by atoms with Crippen molar-refractivity contribution in [3.8, 4) is 0 Å². The second-order valence-corrected chi connectivity index (χ2v) is 13.1. The Bertz CT molecular complexity index is 1610. The SMILES string of the molecule is CO[C@H]1O[C@H](CO[C@@H]2O[C@@H]3COC(c4ccccc4)O[C@H]3[C@H](O)[C@@H]2O)[C@@H](OCc2ccccc2)[C@H](OCc2ccccc2)[C@H]1OCc1ccccc1. The minimum atomic E-state index is -1.41. The van der Waals surface area contributed by atoms with Gasteiger partial charge in [-0.2, -0.15) is 0 Å². The zero-order chi connectivity index (χ0) is 35.7. The molecule has 4 aromatic rings. The van der Waals surface area contributed by atoms with Gasteiger partial charge in [0.2, 0.25) is 0 Å². The summed E-state index contributed by atoms with van der Waals surface area (Å²) in [5, 5.41) is 22.4. The number of hydrogen-bond acceptors (Lipinski definition) is 11. The summed E-state index contributed by atoms with van der Waals surface area (Å²) in [6, 6.07) is 39.0. The molecule has 0 saturated carbocycles. The van der Waals surface area contributed by atoms with Crippen molar-refractivity contribution in [1.29, 1.82) is 0 Å². The first-order chi connectivity index (χ1) is 25.6. The maximum Gasteiger partial charge on any atom is 0.186 e. The van der Waals surface area contributed by atoms with Gasteiger partial charge in [0.05, 0.1) is 33.0 Å². The lowest BCUT2D eigenvalue weighted by molar-refractivity contribution is -0.370. The molecule has 0 spiro atoms. The maximum absolute atomic E-state index is 11.2. The molecular weight excluding hydrogens is 668 g/mol. The molecular formula is C41H46O11. The van der Waals surface area contributed by atoms with Crippen LogP contribution in [0, 0.1) is 0 Å². The molecule has 2 N–H and O–H groups in total. The lowest BCUT2D eigenvalue weighted by atomic mass is 9.97. The number of rotatable bonds is 14. The Morgan fingerprint density at radius 1 is 0.558 bits per heavy atom. The lowest BCUT2D eigenvalue weighted by Gasteiger charge is -2.48. The fourth-order valence-corrected chi connectivity index (χ4v) is 6.75. The first-order valence-corrected chi connectivity index (χ1v) is 17.7. The summed E-state index contributed by atoms with van der Waals surface area (Å²) in [4.78, 5) is 0. The Hall–Kier alpha value is -3.56. The molecule has 276 valence electrons. The summed E-state index contributed by atoms with van der Waals surface area (Å²) in [6.45, 7) is 0.899. The van der Waals surface area contributed by atoms with Gasteiger partial charge in [0, 0.05) is 12.7 Å². The minimum absolute atomic E-state index is 0.0872. The third-order valence-electron chi connectivity index (χ3n) is 9.51. The highest BCUT2D eigenvalue weighted by atomic mass is 16.8. The number of hydrogen-bond donors (Lipinski definition) is 2. The second-order valence-electron chi connectivity index (χ2n) is 13.1. The Kier molecular flexibility index (Phi) is 12.7. The van der Waals surface area contributed by atoms with E-state index in [-0.39, 0.29) is 26.4 Å². The van der Waals surface area contributed by atoms with Crippen molar-refractivity contribution in [2.24, 2.45) is 0 Å². The average Bonchev–Trinajstić information content (AvgIpc) is 3.20. The van der Waals surface area contributed by atoms with Gasteiger partial charge in [-0.15, -0.1) is 0 Å². The Morgan fingerprint density at radius 2 is 1.08 bits per heavy atom. The molecule has 3 saturated heterocycles. The highest BCUT2D eigenvalue weighted by Crippen LogP contribution is 2.36. The molecule has 3 fully saturated rings. The Morgan fingerprint density at radius 3 is 1.63 bits per heavy atom. The molecule has 11 atom stereocenters. The van der Waals surface area contributed by atoms with Crippen LogP contribution in [0.5, 0.6) is 0 Å². The molecule has 52 heavy (non-hydrogen) atoms. The van der Waals surface area contributed by atoms with Gasteiger partial charge in [0.15, 0.2) is 18.9 Å². The quantitative estimate of drug-likeness (QED) is 0.189. The van der Waals surface area contributed by atoms with Crippen LogP contribution in [0.25, 0.3) is 0 Å². The first kappa shape index (κ1) is 36.8. The van der Waals surface area contributed by atoms with Gasteiger partial charge in [-0.05, 0) is 16.7 Å². The topological polar surface area (TPSA) is 124 Å². The minimum Gasteiger partial charge on any atom is -0.387 e. The third kappa shape index (κ3) is 8.96. The van der Waals surface area contributed by atoms with Crippen LogP contribution in [0.1, 0.15) is 28.5 Å². The summed E-state index contributed by atoms with van der Waals surface area (Å²) in [6.07, 6.45) is -9.75. The van der Waals surface area contributed by atoms with Crippen LogP contribution in [0.15, 0.2) is 121 Å². The monoisotopic (exact) mass is 714 g/mol. The predicted octanol–water partition coefficient (Wildman–Crippen LogP) is 4.69. The van der Waals surface area contributed by atoms with Crippen molar-refractivity contribution in [2.45, 2.75) is 87.5 Å². The van der Waals surface area contributed by atoms with Gasteiger partial charge >= 0.3 is 0 Å². The molecule has 4 aromatic carbocycles. The Labute approximate surface area is 303 Å². The van der Waals surface area contributed by atoms with Crippen molar-refractivity contribution in [3.63, 3.8) is 0 Å². The van der Waals surface area contributed by atoms with Crippen LogP contribution in [0.4, 0.5) is 0 Å². The van der Waals surface area contributed by atoms with E-state index in [0.717, 1.165) is 22.3 Å². The zero-order valence-electron chi connectivity index (χ0n) is 29.0. The Balaban J connectivity index is 1.09. The molecule has 1 unspecified atom stereocenters. The summed E-state index contributed by atoms with van der Waals surface area (Å²) in [5.41, 5.74) is 3.73. The first-order valence-electron chi connectivity index (χ1n) is 17.7. The van der Waals surface area contributed by atoms with Crippen LogP contribution in [0.2, 0.25) is 0 Å². The summed E-state index contributed by atoms with van der Waals surface area (Å²) >= 11 is 0. The van der Waals surface area contributed by atoms with E-state index in [4.69, 9.17) is 42.6 Å². The number of aliphatic hydroxyl groups is 2. The summed E-state index contributed by atoms with van der Waals surface area (Å²) < 4.78 is 56.5. The van der Waals surface area contributed by atoms with Crippen molar-refractivity contribution < 1.29 is 52.8 Å². The largest absolute Gasteiger partial charge is 0.387 e. The van der Waals surface area contributed by atoms with Gasteiger partial charge in [-0.25, -0.2) is 0 Å². The van der Waals surface area contributed by atoms with Crippen LogP contribution in [-0.4, -0.2) is 91.9 Å². The van der Waals surface area contributed by atoms with Gasteiger partial charge in [0.1, 0.15) is 48.8 Å². The molecule has 3 aliphatic rings. The van der Waals surface area contributed by atoms with Crippen molar-refractivity contribution in [3.05, 3.63) is 144 Å². The van der Waals surface area contributed by atoms with Gasteiger partial charge in [-0.1, -0.05) is 121 Å². The molecule has 0 aliphatic carbocycles. The van der Waals surface area contributed by atoms with E-state index in [2.05, 4.69) is 0 Å². The molecule has 0 radical (unpaired) electrons. The molecule has 0 aromatic heterocycles. The lowest BCUT2D eigenvalue weighted by Crippen LogP contribution is -2.64. The van der Waals surface area contributed by atoms with Crippen molar-refractivity contribution >= 4 is 0 Å². The molecule has 0 amide bonds. The van der Waals surface area contributed by atoms with E-state index in [1.54, 1.807) is 7.11 Å². The van der Waals surface area contributed by atoms with E-state index in [0.29, 0.717) is 6.61 Å². The van der Waals surface area contributed by atoms with E-state index >= 15 is 0 Å². The van der Waals surface area contributed by atoms with Gasteiger partial charge in [0.25, 0.3) is 0 Å². The molecule has 3 aliphatic heterocycles. The van der Waals surface area contributed by atoms with Crippen molar-refractivity contribution in [2.75, 3.05) is 20.3 Å². The van der Waals surface area contributed by atoms with E-state index < -0.39 is 67.7 Å². The standard InChI is InChI=1S/C41H46O11/c1-44-41-38(47-24-29-18-10-4-11-19-29)37(46-23-28-16-8-3-9-17-28)36(45-22-27-14-6-2-7-15-27)32(51-41)26-49-40-34(43)33(42)35-31(50-40)25-48-39(52-35)30-20-12-5-13-21-30/h2-21,31-43H,22-26H2,1H3/t31-,32-,33-,34+,35-,36-,37+,38-,39?,40-,41+/m1/s1. The van der Waals surface area contributed by atoms with Crippen LogP contribution in [0.3, 0.4) is 0 Å². The molecule has 7 rings (SSSR count). The summed E-state index contributed by atoms with van der Waals surface area (Å²) in [7, 11) is 1.55. The number of ether oxygens (including phenoxy) is 9. The molecule has 11 heteroatoms. The fourth-order valence-electron chi connectivity index (χ4n) is 6.75. The predicted molar refractivity (Wildman–Crippen MR) is 187 cm³/mol. The van der Waals surface area contributed by atoms with Crippen molar-refractivity contribution in [1.82, 2.24) is 0 Å². The second kappa shape index (κ2) is 18.0.